The summed E-state index contributed by atoms with van der Waals surface area (Å²) in [5, 5.41) is 9.96. The molecule has 1 saturated carbocycles. The van der Waals surface area contributed by atoms with Crippen LogP contribution in [0.3, 0.4) is 0 Å². The standard InChI is InChI=1S/C27H36O4/c1-18-14-20(28)15-19-8-11-25(5,30-22(18)19)17-21-16-24(4)9-7-10-26(24,6)27(29-21)13-12-23(2,3)31-27/h12-16,28H,7-11,17H2,1-6H3/t24-,25-,26-,27-/m1/s1. The number of hydrogen-bond donors (Lipinski definition) is 1. The van der Waals surface area contributed by atoms with E-state index in [9.17, 15) is 5.11 Å². The number of allylic oxidation sites excluding steroid dienone is 1. The lowest BCUT2D eigenvalue weighted by Gasteiger charge is -2.55. The van der Waals surface area contributed by atoms with Crippen molar-refractivity contribution >= 4 is 0 Å². The second-order valence-electron chi connectivity index (χ2n) is 11.5. The molecule has 1 spiro atoms. The summed E-state index contributed by atoms with van der Waals surface area (Å²) in [5.74, 6) is 1.47. The summed E-state index contributed by atoms with van der Waals surface area (Å²) in [4.78, 5) is 0. The van der Waals surface area contributed by atoms with Crippen molar-refractivity contribution in [3.8, 4) is 11.5 Å². The maximum Gasteiger partial charge on any atom is 0.236 e. The van der Waals surface area contributed by atoms with Crippen molar-refractivity contribution in [3.63, 3.8) is 0 Å². The molecular formula is C27H36O4. The van der Waals surface area contributed by atoms with E-state index in [0.717, 1.165) is 48.3 Å². The van der Waals surface area contributed by atoms with Gasteiger partial charge in [-0.15, -0.1) is 0 Å². The van der Waals surface area contributed by atoms with Crippen LogP contribution < -0.4 is 4.74 Å². The zero-order chi connectivity index (χ0) is 22.3. The van der Waals surface area contributed by atoms with E-state index in [-0.39, 0.29) is 22.0 Å². The molecule has 0 aromatic heterocycles. The molecule has 4 atom stereocenters. The largest absolute Gasteiger partial charge is 0.508 e. The number of aromatic hydroxyl groups is 1. The molecule has 0 bridgehead atoms. The van der Waals surface area contributed by atoms with Gasteiger partial charge in [0.05, 0.1) is 5.60 Å². The first-order valence-corrected chi connectivity index (χ1v) is 11.7. The second kappa shape index (κ2) is 6.31. The van der Waals surface area contributed by atoms with Crippen LogP contribution in [-0.4, -0.2) is 22.1 Å². The maximum absolute atomic E-state index is 9.96. The molecule has 0 radical (unpaired) electrons. The van der Waals surface area contributed by atoms with Gasteiger partial charge in [0.1, 0.15) is 22.9 Å². The van der Waals surface area contributed by atoms with Crippen molar-refractivity contribution in [2.24, 2.45) is 10.8 Å². The summed E-state index contributed by atoms with van der Waals surface area (Å²) in [6, 6.07) is 3.61. The van der Waals surface area contributed by atoms with Gasteiger partial charge >= 0.3 is 0 Å². The highest BCUT2D eigenvalue weighted by molar-refractivity contribution is 5.48. The molecule has 3 heterocycles. The van der Waals surface area contributed by atoms with E-state index in [2.05, 4.69) is 52.8 Å². The van der Waals surface area contributed by atoms with E-state index in [4.69, 9.17) is 14.2 Å². The van der Waals surface area contributed by atoms with Gasteiger partial charge in [0.15, 0.2) is 0 Å². The maximum atomic E-state index is 9.96. The van der Waals surface area contributed by atoms with E-state index in [1.165, 1.54) is 6.42 Å². The highest BCUT2D eigenvalue weighted by atomic mass is 16.7. The molecule has 0 unspecified atom stereocenters. The average molecular weight is 425 g/mol. The van der Waals surface area contributed by atoms with E-state index < -0.39 is 5.79 Å². The van der Waals surface area contributed by atoms with Gasteiger partial charge in [-0.05, 0) is 88.8 Å². The van der Waals surface area contributed by atoms with E-state index >= 15 is 0 Å². The third kappa shape index (κ3) is 3.05. The molecule has 168 valence electrons. The van der Waals surface area contributed by atoms with Gasteiger partial charge in [-0.25, -0.2) is 0 Å². The van der Waals surface area contributed by atoms with Crippen LogP contribution in [0.15, 0.2) is 36.1 Å². The summed E-state index contributed by atoms with van der Waals surface area (Å²) in [6.07, 6.45) is 12.6. The Morgan fingerprint density at radius 3 is 2.45 bits per heavy atom. The molecule has 1 fully saturated rings. The Morgan fingerprint density at radius 2 is 1.74 bits per heavy atom. The fourth-order valence-corrected chi connectivity index (χ4v) is 6.42. The number of ether oxygens (including phenoxy) is 3. The van der Waals surface area contributed by atoms with Crippen molar-refractivity contribution in [2.75, 3.05) is 0 Å². The number of rotatable bonds is 2. The monoisotopic (exact) mass is 424 g/mol. The lowest BCUT2D eigenvalue weighted by Crippen LogP contribution is -2.57. The fraction of sp³-hybridized carbons (Fsp3) is 0.630. The van der Waals surface area contributed by atoms with Crippen LogP contribution in [-0.2, 0) is 15.9 Å². The minimum atomic E-state index is -0.726. The van der Waals surface area contributed by atoms with Gasteiger partial charge < -0.3 is 19.3 Å². The molecule has 3 aliphatic heterocycles. The van der Waals surface area contributed by atoms with Crippen molar-refractivity contribution in [3.05, 3.63) is 47.2 Å². The summed E-state index contributed by atoms with van der Waals surface area (Å²) in [7, 11) is 0. The number of hydrogen-bond acceptors (Lipinski definition) is 4. The molecule has 1 aromatic rings. The highest BCUT2D eigenvalue weighted by Gasteiger charge is 2.66. The van der Waals surface area contributed by atoms with Crippen LogP contribution in [0.1, 0.15) is 77.8 Å². The molecule has 4 heteroatoms. The van der Waals surface area contributed by atoms with Gasteiger partial charge in [-0.1, -0.05) is 26.3 Å². The van der Waals surface area contributed by atoms with Gasteiger partial charge in [0.25, 0.3) is 0 Å². The summed E-state index contributed by atoms with van der Waals surface area (Å²) >= 11 is 0. The number of aryl methyl sites for hydroxylation is 2. The number of phenolic OH excluding ortho intramolecular Hbond substituents is 1. The lowest BCUT2D eigenvalue weighted by molar-refractivity contribution is -0.293. The molecule has 0 amide bonds. The molecule has 0 saturated heterocycles. The molecular weight excluding hydrogens is 388 g/mol. The fourth-order valence-electron chi connectivity index (χ4n) is 6.42. The lowest BCUT2D eigenvalue weighted by atomic mass is 9.61. The first-order valence-electron chi connectivity index (χ1n) is 11.7. The Morgan fingerprint density at radius 1 is 0.968 bits per heavy atom. The van der Waals surface area contributed by atoms with Gasteiger partial charge in [-0.2, -0.15) is 0 Å². The number of benzene rings is 1. The zero-order valence-electron chi connectivity index (χ0n) is 19.8. The molecule has 1 aliphatic carbocycles. The van der Waals surface area contributed by atoms with Gasteiger partial charge in [-0.3, -0.25) is 0 Å². The number of fused-ring (bicyclic) bond motifs is 3. The average Bonchev–Trinajstić information content (AvgIpc) is 3.13. The third-order valence-corrected chi connectivity index (χ3v) is 8.44. The quantitative estimate of drug-likeness (QED) is 0.562. The summed E-state index contributed by atoms with van der Waals surface area (Å²) < 4.78 is 20.0. The Labute approximate surface area is 186 Å². The third-order valence-electron chi connectivity index (χ3n) is 8.44. The molecule has 5 rings (SSSR count). The Hall–Kier alpha value is -1.94. The van der Waals surface area contributed by atoms with Crippen LogP contribution in [0.2, 0.25) is 0 Å². The van der Waals surface area contributed by atoms with Crippen molar-refractivity contribution < 1.29 is 19.3 Å². The molecule has 1 N–H and O–H groups in total. The Kier molecular flexibility index (Phi) is 4.26. The van der Waals surface area contributed by atoms with Crippen LogP contribution >= 0.6 is 0 Å². The first-order chi connectivity index (χ1) is 14.4. The first kappa shape index (κ1) is 20.9. The number of phenols is 1. The normalized spacial score (nSPS) is 40.1. The minimum Gasteiger partial charge on any atom is -0.508 e. The summed E-state index contributed by atoms with van der Waals surface area (Å²) in [6.45, 7) is 13.1. The molecule has 4 aliphatic rings. The molecule has 31 heavy (non-hydrogen) atoms. The highest BCUT2D eigenvalue weighted by Crippen LogP contribution is 2.66. The van der Waals surface area contributed by atoms with Gasteiger partial charge in [0.2, 0.25) is 5.79 Å². The zero-order valence-corrected chi connectivity index (χ0v) is 19.8. The van der Waals surface area contributed by atoms with E-state index in [1.54, 1.807) is 6.07 Å². The SMILES string of the molecule is Cc1cc(O)cc2c1O[C@@](C)(CC1=C[C@@]3(C)CCC[C@@]3(C)[C@]3(C=CC(C)(C)O3)O1)CC2. The van der Waals surface area contributed by atoms with Crippen LogP contribution in [0.4, 0.5) is 0 Å². The van der Waals surface area contributed by atoms with Crippen molar-refractivity contribution in [2.45, 2.75) is 97.1 Å². The van der Waals surface area contributed by atoms with Crippen molar-refractivity contribution in [1.82, 2.24) is 0 Å². The molecule has 4 nitrogen and oxygen atoms in total. The van der Waals surface area contributed by atoms with E-state index in [1.807, 2.05) is 13.0 Å². The van der Waals surface area contributed by atoms with Gasteiger partial charge in [0, 0.05) is 17.3 Å². The predicted octanol–water partition coefficient (Wildman–Crippen LogP) is 6.35. The van der Waals surface area contributed by atoms with Crippen LogP contribution in [0.5, 0.6) is 11.5 Å². The summed E-state index contributed by atoms with van der Waals surface area (Å²) in [5.41, 5.74) is 1.30. The Bertz CT molecular complexity index is 991. The molecule has 1 aromatic carbocycles. The minimum absolute atomic E-state index is 0.0238. The second-order valence-corrected chi connectivity index (χ2v) is 11.5. The van der Waals surface area contributed by atoms with E-state index in [0.29, 0.717) is 12.2 Å². The smallest absolute Gasteiger partial charge is 0.236 e. The van der Waals surface area contributed by atoms with Crippen LogP contribution in [0.25, 0.3) is 0 Å². The predicted molar refractivity (Wildman–Crippen MR) is 121 cm³/mol. The van der Waals surface area contributed by atoms with Crippen molar-refractivity contribution in [1.29, 1.82) is 0 Å². The Balaban J connectivity index is 1.48. The topological polar surface area (TPSA) is 47.9 Å². The van der Waals surface area contributed by atoms with Crippen LogP contribution in [0, 0.1) is 17.8 Å².